The molecule has 0 bridgehead atoms. The van der Waals surface area contributed by atoms with E-state index in [2.05, 4.69) is 41.6 Å². The Hall–Kier alpha value is -3.72. The summed E-state index contributed by atoms with van der Waals surface area (Å²) in [7, 11) is 0.791. The van der Waals surface area contributed by atoms with Crippen molar-refractivity contribution in [1.82, 2.24) is 19.6 Å². The minimum absolute atomic E-state index is 0.0857. The molecule has 4 N–H and O–H groups in total. The second-order valence-electron chi connectivity index (χ2n) is 12.4. The number of hydrogen-bond acceptors (Lipinski definition) is 10. The van der Waals surface area contributed by atoms with Crippen molar-refractivity contribution in [1.29, 1.82) is 5.41 Å². The summed E-state index contributed by atoms with van der Waals surface area (Å²) >= 11 is 0. The Morgan fingerprint density at radius 3 is 2.45 bits per heavy atom. The maximum atomic E-state index is 13.0. The third kappa shape index (κ3) is 9.01. The Morgan fingerprint density at radius 1 is 1.11 bits per heavy atom. The van der Waals surface area contributed by atoms with Gasteiger partial charge in [0.05, 0.1) is 35.0 Å². The third-order valence-electron chi connectivity index (χ3n) is 9.30. The molecule has 0 spiro atoms. The van der Waals surface area contributed by atoms with Crippen LogP contribution in [0.5, 0.6) is 5.75 Å². The van der Waals surface area contributed by atoms with Crippen molar-refractivity contribution in [2.45, 2.75) is 70.9 Å². The van der Waals surface area contributed by atoms with Crippen molar-refractivity contribution in [2.24, 2.45) is 11.8 Å². The van der Waals surface area contributed by atoms with Gasteiger partial charge in [0.1, 0.15) is 0 Å². The minimum atomic E-state index is -2.92. The van der Waals surface area contributed by atoms with E-state index in [1.165, 1.54) is 12.4 Å². The van der Waals surface area contributed by atoms with Gasteiger partial charge < -0.3 is 25.7 Å². The van der Waals surface area contributed by atoms with Crippen LogP contribution < -0.4 is 25.6 Å². The molecule has 3 fully saturated rings. The second kappa shape index (κ2) is 15.9. The SMILES string of the molecule is CNc1cc(N2CCC(CCCS(=O)N3CCC(Nc4ncc(OC(F)F)cn4)CC3)CC2)c(C)cc1C(=N)C1CCC(=O)NC1=O. The van der Waals surface area contributed by atoms with E-state index in [1.807, 2.05) is 24.3 Å². The summed E-state index contributed by atoms with van der Waals surface area (Å²) in [6.45, 7) is 2.38. The monoisotopic (exact) mass is 674 g/mol. The second-order valence-corrected chi connectivity index (χ2v) is 14.0. The number of carbonyl (C=O) groups excluding carboxylic acids is 2. The first kappa shape index (κ1) is 34.6. The molecule has 3 aliphatic rings. The zero-order valence-corrected chi connectivity index (χ0v) is 27.7. The van der Waals surface area contributed by atoms with E-state index in [-0.39, 0.29) is 29.8 Å². The van der Waals surface area contributed by atoms with Gasteiger partial charge in [-0.15, -0.1) is 0 Å². The van der Waals surface area contributed by atoms with Gasteiger partial charge in [-0.1, -0.05) is 0 Å². The fourth-order valence-electron chi connectivity index (χ4n) is 6.65. The number of hydrogen-bond donors (Lipinski definition) is 4. The molecule has 12 nitrogen and oxygen atoms in total. The Balaban J connectivity index is 1.03. The lowest BCUT2D eigenvalue weighted by molar-refractivity contribution is -0.134. The van der Waals surface area contributed by atoms with Gasteiger partial charge in [-0.3, -0.25) is 14.9 Å². The molecule has 1 aromatic heterocycles. The summed E-state index contributed by atoms with van der Waals surface area (Å²) in [4.78, 5) is 34.4. The molecule has 3 aliphatic heterocycles. The van der Waals surface area contributed by atoms with Gasteiger partial charge in [0.2, 0.25) is 17.8 Å². The normalized spacial score (nSPS) is 20.6. The van der Waals surface area contributed by atoms with Crippen molar-refractivity contribution in [3.05, 3.63) is 35.7 Å². The Labute approximate surface area is 276 Å². The van der Waals surface area contributed by atoms with Crippen molar-refractivity contribution < 1.29 is 27.3 Å². The lowest BCUT2D eigenvalue weighted by atomic mass is 9.87. The molecule has 0 saturated carbocycles. The van der Waals surface area contributed by atoms with Crippen molar-refractivity contribution >= 4 is 45.8 Å². The number of anilines is 3. The van der Waals surface area contributed by atoms with Gasteiger partial charge in [-0.05, 0) is 75.5 Å². The number of nitrogens with one attached hydrogen (secondary N) is 4. The van der Waals surface area contributed by atoms with Crippen LogP contribution in [0.15, 0.2) is 24.5 Å². The number of benzene rings is 1. The quantitative estimate of drug-likeness (QED) is 0.182. The molecule has 0 aliphatic carbocycles. The number of aromatic nitrogens is 2. The number of carbonyl (C=O) groups is 2. The van der Waals surface area contributed by atoms with Gasteiger partial charge in [0, 0.05) is 68.4 Å². The standard InChI is InChI=1S/C32H44F2N8O4S/c1-20-16-25(29(35)24-5-6-28(43)40-30(24)44)26(36-2)17-27(20)41-11-7-21(8-12-41)4-3-15-47(45)42-13-9-22(10-14-42)39-32-37-18-23(19-38-32)46-31(33)34/h16-19,21-22,24,31,35-36H,3-15H2,1-2H3,(H,37,38,39)(H,40,43,44). The van der Waals surface area contributed by atoms with E-state index in [0.29, 0.717) is 42.7 Å². The van der Waals surface area contributed by atoms with Crippen LogP contribution in [-0.4, -0.2) is 87.6 Å². The molecule has 256 valence electrons. The van der Waals surface area contributed by atoms with Crippen molar-refractivity contribution in [3.8, 4) is 5.75 Å². The van der Waals surface area contributed by atoms with Gasteiger partial charge in [0.25, 0.3) is 0 Å². The minimum Gasteiger partial charge on any atom is -0.432 e. The van der Waals surface area contributed by atoms with Crippen LogP contribution in [0.3, 0.4) is 0 Å². The van der Waals surface area contributed by atoms with E-state index in [1.54, 1.807) is 0 Å². The van der Waals surface area contributed by atoms with Crippen LogP contribution in [0.25, 0.3) is 0 Å². The molecule has 4 heterocycles. The number of ether oxygens (including phenoxy) is 1. The average molecular weight is 675 g/mol. The first-order valence-electron chi connectivity index (χ1n) is 16.3. The number of piperidine rings is 3. The highest BCUT2D eigenvalue weighted by Gasteiger charge is 2.32. The number of rotatable bonds is 13. The van der Waals surface area contributed by atoms with E-state index in [4.69, 9.17) is 5.41 Å². The molecule has 0 radical (unpaired) electrons. The molecular weight excluding hydrogens is 630 g/mol. The van der Waals surface area contributed by atoms with Crippen LogP contribution in [0.4, 0.5) is 26.1 Å². The number of nitrogens with zero attached hydrogens (tertiary/aromatic N) is 4. The van der Waals surface area contributed by atoms with Crippen LogP contribution in [0, 0.1) is 24.2 Å². The largest absolute Gasteiger partial charge is 0.432 e. The molecule has 3 saturated heterocycles. The topological polar surface area (TPSA) is 153 Å². The van der Waals surface area contributed by atoms with Crippen LogP contribution in [-0.2, 0) is 20.6 Å². The lowest BCUT2D eigenvalue weighted by Crippen LogP contribution is -2.44. The lowest BCUT2D eigenvalue weighted by Gasteiger charge is -2.35. The van der Waals surface area contributed by atoms with Gasteiger partial charge in [-0.2, -0.15) is 8.78 Å². The number of amides is 2. The van der Waals surface area contributed by atoms with Crippen LogP contribution in [0.1, 0.15) is 62.5 Å². The molecule has 1 aromatic carbocycles. The summed E-state index contributed by atoms with van der Waals surface area (Å²) in [6, 6.07) is 4.17. The average Bonchev–Trinajstić information content (AvgIpc) is 3.06. The fraction of sp³-hybridized carbons (Fsp3) is 0.594. The molecule has 15 heteroatoms. The molecule has 2 atom stereocenters. The third-order valence-corrected chi connectivity index (χ3v) is 10.9. The highest BCUT2D eigenvalue weighted by molar-refractivity contribution is 7.82. The first-order valence-corrected chi connectivity index (χ1v) is 17.6. The summed E-state index contributed by atoms with van der Waals surface area (Å²) in [5.41, 5.74) is 3.89. The molecule has 2 amide bonds. The Kier molecular flexibility index (Phi) is 11.7. The number of halogens is 2. The van der Waals surface area contributed by atoms with Gasteiger partial charge in [0.15, 0.2) is 5.75 Å². The Bertz CT molecular complexity index is 1450. The zero-order chi connectivity index (χ0) is 33.5. The molecule has 47 heavy (non-hydrogen) atoms. The molecule has 2 aromatic rings. The highest BCUT2D eigenvalue weighted by Crippen LogP contribution is 2.34. The summed E-state index contributed by atoms with van der Waals surface area (Å²) < 4.78 is 44.0. The van der Waals surface area contributed by atoms with Gasteiger partial charge in [-0.25, -0.2) is 18.5 Å². The van der Waals surface area contributed by atoms with E-state index < -0.39 is 29.4 Å². The van der Waals surface area contributed by atoms with E-state index in [0.717, 1.165) is 68.6 Å². The molecule has 2 unspecified atom stereocenters. The summed E-state index contributed by atoms with van der Waals surface area (Å²) in [5, 5.41) is 17.5. The Morgan fingerprint density at radius 2 is 1.81 bits per heavy atom. The number of aryl methyl sites for hydroxylation is 1. The predicted octanol–water partition coefficient (Wildman–Crippen LogP) is 4.09. The van der Waals surface area contributed by atoms with Crippen molar-refractivity contribution in [3.63, 3.8) is 0 Å². The van der Waals surface area contributed by atoms with Crippen LogP contribution in [0.2, 0.25) is 0 Å². The van der Waals surface area contributed by atoms with Gasteiger partial charge >= 0.3 is 6.61 Å². The zero-order valence-electron chi connectivity index (χ0n) is 26.9. The van der Waals surface area contributed by atoms with E-state index in [9.17, 15) is 22.6 Å². The number of alkyl halides is 2. The smallest absolute Gasteiger partial charge is 0.387 e. The number of imide groups is 1. The van der Waals surface area contributed by atoms with Crippen molar-refractivity contribution in [2.75, 3.05) is 54.5 Å². The maximum absolute atomic E-state index is 13.0. The molecule has 5 rings (SSSR count). The maximum Gasteiger partial charge on any atom is 0.387 e. The molecular formula is C32H44F2N8O4S. The summed E-state index contributed by atoms with van der Waals surface area (Å²) in [5.74, 6) is 0.185. The first-order chi connectivity index (χ1) is 22.6. The fourth-order valence-corrected chi connectivity index (χ4v) is 7.94. The predicted molar refractivity (Wildman–Crippen MR) is 177 cm³/mol. The van der Waals surface area contributed by atoms with Crippen LogP contribution >= 0.6 is 0 Å². The van der Waals surface area contributed by atoms with E-state index >= 15 is 0 Å². The highest BCUT2D eigenvalue weighted by atomic mass is 32.2. The summed E-state index contributed by atoms with van der Waals surface area (Å²) in [6.07, 6.45) is 8.68.